The molecular formula is C24H27N3O. The van der Waals surface area contributed by atoms with Crippen molar-refractivity contribution in [3.8, 4) is 5.69 Å². The van der Waals surface area contributed by atoms with E-state index < -0.39 is 0 Å². The highest BCUT2D eigenvalue weighted by Gasteiger charge is 2.16. The predicted molar refractivity (Wildman–Crippen MR) is 113 cm³/mol. The molecule has 1 aromatic heterocycles. The van der Waals surface area contributed by atoms with Gasteiger partial charge in [-0.05, 0) is 93.0 Å². The summed E-state index contributed by atoms with van der Waals surface area (Å²) in [4.78, 5) is 12.8. The van der Waals surface area contributed by atoms with Crippen LogP contribution in [0.5, 0.6) is 0 Å². The van der Waals surface area contributed by atoms with Gasteiger partial charge in [-0.25, -0.2) is 4.68 Å². The third-order valence-electron chi connectivity index (χ3n) is 5.81. The standard InChI is InChI=1S/C24H27N3O/c1-4-21-16(2)26-27(17(21)3)20-14-12-19(13-15-20)24(28)25-23-11-7-9-18-8-5-6-10-22(18)23/h7,9,11-15H,4-6,8,10H2,1-3H3,(H,25,28). The summed E-state index contributed by atoms with van der Waals surface area (Å²) in [6.07, 6.45) is 5.55. The van der Waals surface area contributed by atoms with E-state index >= 15 is 0 Å². The predicted octanol–water partition coefficient (Wildman–Crippen LogP) is 5.18. The SMILES string of the molecule is CCc1c(C)nn(-c2ccc(C(=O)Nc3cccc4c3CCCC4)cc2)c1C. The van der Waals surface area contributed by atoms with Gasteiger partial charge in [0.1, 0.15) is 0 Å². The number of rotatable bonds is 4. The second-order valence-electron chi connectivity index (χ2n) is 7.57. The molecular weight excluding hydrogens is 346 g/mol. The smallest absolute Gasteiger partial charge is 0.255 e. The number of benzene rings is 2. The number of nitrogens with zero attached hydrogens (tertiary/aromatic N) is 2. The van der Waals surface area contributed by atoms with Crippen molar-refractivity contribution in [2.24, 2.45) is 0 Å². The quantitative estimate of drug-likeness (QED) is 0.685. The first-order chi connectivity index (χ1) is 13.6. The van der Waals surface area contributed by atoms with Crippen LogP contribution in [-0.4, -0.2) is 15.7 Å². The summed E-state index contributed by atoms with van der Waals surface area (Å²) in [5.41, 5.74) is 8.78. The van der Waals surface area contributed by atoms with Gasteiger partial charge < -0.3 is 5.32 Å². The highest BCUT2D eigenvalue weighted by atomic mass is 16.1. The zero-order valence-corrected chi connectivity index (χ0v) is 16.9. The molecule has 0 saturated carbocycles. The van der Waals surface area contributed by atoms with Crippen molar-refractivity contribution >= 4 is 11.6 Å². The highest BCUT2D eigenvalue weighted by Crippen LogP contribution is 2.28. The first kappa shape index (κ1) is 18.5. The second-order valence-corrected chi connectivity index (χ2v) is 7.57. The van der Waals surface area contributed by atoms with E-state index in [4.69, 9.17) is 0 Å². The van der Waals surface area contributed by atoms with Gasteiger partial charge in [0.25, 0.3) is 5.91 Å². The Hall–Kier alpha value is -2.88. The Morgan fingerprint density at radius 3 is 2.54 bits per heavy atom. The number of carbonyl (C=O) groups excluding carboxylic acids is 1. The number of anilines is 1. The minimum absolute atomic E-state index is 0.0619. The van der Waals surface area contributed by atoms with Gasteiger partial charge in [0, 0.05) is 16.9 Å². The van der Waals surface area contributed by atoms with Crippen molar-refractivity contribution in [3.05, 3.63) is 76.1 Å². The van der Waals surface area contributed by atoms with Gasteiger partial charge in [-0.15, -0.1) is 0 Å². The number of amides is 1. The minimum Gasteiger partial charge on any atom is -0.322 e. The first-order valence-electron chi connectivity index (χ1n) is 10.2. The highest BCUT2D eigenvalue weighted by molar-refractivity contribution is 6.04. The number of hydrogen-bond donors (Lipinski definition) is 1. The van der Waals surface area contributed by atoms with E-state index in [1.165, 1.54) is 29.5 Å². The van der Waals surface area contributed by atoms with Gasteiger partial charge >= 0.3 is 0 Å². The molecule has 0 spiro atoms. The Bertz CT molecular complexity index is 1020. The fourth-order valence-electron chi connectivity index (χ4n) is 4.28. The zero-order valence-electron chi connectivity index (χ0n) is 16.9. The zero-order chi connectivity index (χ0) is 19.7. The molecule has 0 unspecified atom stereocenters. The van der Waals surface area contributed by atoms with Gasteiger partial charge in [-0.3, -0.25) is 4.79 Å². The Balaban J connectivity index is 1.56. The number of aryl methyl sites for hydroxylation is 2. The van der Waals surface area contributed by atoms with Crippen LogP contribution < -0.4 is 5.32 Å². The monoisotopic (exact) mass is 373 g/mol. The maximum absolute atomic E-state index is 12.8. The molecule has 1 N–H and O–H groups in total. The number of carbonyl (C=O) groups is 1. The lowest BCUT2D eigenvalue weighted by Gasteiger charge is -2.19. The Labute approximate surface area is 166 Å². The van der Waals surface area contributed by atoms with Gasteiger partial charge in [0.05, 0.1) is 11.4 Å². The molecule has 0 fully saturated rings. The van der Waals surface area contributed by atoms with E-state index in [-0.39, 0.29) is 5.91 Å². The van der Waals surface area contributed by atoms with Gasteiger partial charge in [0.2, 0.25) is 0 Å². The van der Waals surface area contributed by atoms with Gasteiger partial charge in [-0.2, -0.15) is 5.10 Å². The number of aromatic nitrogens is 2. The van der Waals surface area contributed by atoms with Gasteiger partial charge in [-0.1, -0.05) is 19.1 Å². The van der Waals surface area contributed by atoms with Crippen LogP contribution >= 0.6 is 0 Å². The molecule has 0 radical (unpaired) electrons. The molecule has 144 valence electrons. The van der Waals surface area contributed by atoms with Crippen LogP contribution in [0.15, 0.2) is 42.5 Å². The van der Waals surface area contributed by atoms with E-state index in [0.29, 0.717) is 5.56 Å². The summed E-state index contributed by atoms with van der Waals surface area (Å²) in [6, 6.07) is 13.9. The Morgan fingerprint density at radius 1 is 1.07 bits per heavy atom. The Kier molecular flexibility index (Phi) is 5.03. The summed E-state index contributed by atoms with van der Waals surface area (Å²) in [7, 11) is 0. The topological polar surface area (TPSA) is 46.9 Å². The summed E-state index contributed by atoms with van der Waals surface area (Å²) in [6.45, 7) is 6.29. The average molecular weight is 374 g/mol. The van der Waals surface area contributed by atoms with Crippen molar-refractivity contribution in [2.75, 3.05) is 5.32 Å². The molecule has 4 nitrogen and oxygen atoms in total. The molecule has 2 aromatic carbocycles. The molecule has 1 aliphatic rings. The van der Waals surface area contributed by atoms with E-state index in [1.54, 1.807) is 0 Å². The maximum atomic E-state index is 12.8. The molecule has 3 aromatic rings. The first-order valence-corrected chi connectivity index (χ1v) is 10.2. The van der Waals surface area contributed by atoms with Crippen LogP contribution in [0.3, 0.4) is 0 Å². The van der Waals surface area contributed by atoms with Crippen LogP contribution in [0, 0.1) is 13.8 Å². The second kappa shape index (κ2) is 7.63. The summed E-state index contributed by atoms with van der Waals surface area (Å²) in [5, 5.41) is 7.78. The Morgan fingerprint density at radius 2 is 1.82 bits per heavy atom. The van der Waals surface area contributed by atoms with Crippen molar-refractivity contribution in [3.63, 3.8) is 0 Å². The molecule has 1 heterocycles. The summed E-state index contributed by atoms with van der Waals surface area (Å²) in [5.74, 6) is -0.0619. The molecule has 0 atom stereocenters. The number of nitrogens with one attached hydrogen (secondary N) is 1. The molecule has 0 aliphatic heterocycles. The fraction of sp³-hybridized carbons (Fsp3) is 0.333. The summed E-state index contributed by atoms with van der Waals surface area (Å²) >= 11 is 0. The normalized spacial score (nSPS) is 13.2. The van der Waals surface area contributed by atoms with Crippen molar-refractivity contribution in [2.45, 2.75) is 52.9 Å². The van der Waals surface area contributed by atoms with Crippen molar-refractivity contribution in [1.82, 2.24) is 9.78 Å². The molecule has 4 rings (SSSR count). The third kappa shape index (κ3) is 3.35. The lowest BCUT2D eigenvalue weighted by Crippen LogP contribution is -2.15. The number of hydrogen-bond acceptors (Lipinski definition) is 2. The average Bonchev–Trinajstić information content (AvgIpc) is 3.01. The van der Waals surface area contributed by atoms with Crippen LogP contribution in [0.4, 0.5) is 5.69 Å². The molecule has 0 saturated heterocycles. The summed E-state index contributed by atoms with van der Waals surface area (Å²) < 4.78 is 1.96. The third-order valence-corrected chi connectivity index (χ3v) is 5.81. The van der Waals surface area contributed by atoms with Crippen LogP contribution in [0.25, 0.3) is 5.69 Å². The molecule has 1 amide bonds. The molecule has 1 aliphatic carbocycles. The van der Waals surface area contributed by atoms with E-state index in [9.17, 15) is 4.79 Å². The van der Waals surface area contributed by atoms with Crippen molar-refractivity contribution in [1.29, 1.82) is 0 Å². The van der Waals surface area contributed by atoms with E-state index in [0.717, 1.165) is 42.0 Å². The lowest BCUT2D eigenvalue weighted by molar-refractivity contribution is 0.102. The minimum atomic E-state index is -0.0619. The fourth-order valence-corrected chi connectivity index (χ4v) is 4.28. The van der Waals surface area contributed by atoms with Gasteiger partial charge in [0.15, 0.2) is 0 Å². The van der Waals surface area contributed by atoms with Crippen LogP contribution in [0.1, 0.15) is 58.2 Å². The van der Waals surface area contributed by atoms with Crippen LogP contribution in [0.2, 0.25) is 0 Å². The number of fused-ring (bicyclic) bond motifs is 1. The molecule has 4 heteroatoms. The van der Waals surface area contributed by atoms with Crippen LogP contribution in [-0.2, 0) is 19.3 Å². The largest absolute Gasteiger partial charge is 0.322 e. The van der Waals surface area contributed by atoms with E-state index in [2.05, 4.69) is 30.3 Å². The van der Waals surface area contributed by atoms with E-state index in [1.807, 2.05) is 48.0 Å². The maximum Gasteiger partial charge on any atom is 0.255 e. The van der Waals surface area contributed by atoms with Crippen molar-refractivity contribution < 1.29 is 4.79 Å². The lowest BCUT2D eigenvalue weighted by atomic mass is 9.90. The molecule has 28 heavy (non-hydrogen) atoms. The molecule has 0 bridgehead atoms.